The molecule has 0 aliphatic heterocycles. The van der Waals surface area contributed by atoms with Crippen molar-refractivity contribution in [2.45, 2.75) is 59.5 Å². The quantitative estimate of drug-likeness (QED) is 0.653. The number of nitrogens with zero attached hydrogens (tertiary/aromatic N) is 1. The summed E-state index contributed by atoms with van der Waals surface area (Å²) in [6.45, 7) is 12.3. The monoisotopic (exact) mass is 290 g/mol. The molecule has 0 amide bonds. The molecule has 0 bridgehead atoms. The topological polar surface area (TPSA) is 15.3 Å². The van der Waals surface area contributed by atoms with Crippen LogP contribution < -0.4 is 5.32 Å². The molecule has 0 fully saturated rings. The highest BCUT2D eigenvalue weighted by molar-refractivity contribution is 5.22. The van der Waals surface area contributed by atoms with Crippen LogP contribution in [0, 0.1) is 5.92 Å². The second-order valence-electron chi connectivity index (χ2n) is 6.72. The second kappa shape index (κ2) is 9.97. The lowest BCUT2D eigenvalue weighted by Crippen LogP contribution is -2.28. The molecular formula is C19H34N2. The van der Waals surface area contributed by atoms with Crippen LogP contribution >= 0.6 is 0 Å². The van der Waals surface area contributed by atoms with Crippen LogP contribution in [0.4, 0.5) is 0 Å². The Labute approximate surface area is 131 Å². The maximum atomic E-state index is 3.50. The average Bonchev–Trinajstić information content (AvgIpc) is 2.45. The summed E-state index contributed by atoms with van der Waals surface area (Å²) in [6, 6.07) is 9.80. The minimum atomic E-state index is 0.662. The summed E-state index contributed by atoms with van der Waals surface area (Å²) in [5.41, 5.74) is 2.85. The van der Waals surface area contributed by atoms with Gasteiger partial charge in [-0.15, -0.1) is 0 Å². The Morgan fingerprint density at radius 3 is 2.24 bits per heavy atom. The largest absolute Gasteiger partial charge is 0.316 e. The highest BCUT2D eigenvalue weighted by Gasteiger charge is 2.08. The fourth-order valence-corrected chi connectivity index (χ4v) is 2.52. The normalized spacial score (nSPS) is 13.1. The van der Waals surface area contributed by atoms with E-state index in [4.69, 9.17) is 0 Å². The van der Waals surface area contributed by atoms with Gasteiger partial charge in [0.1, 0.15) is 0 Å². The Bertz CT molecular complexity index is 370. The van der Waals surface area contributed by atoms with Crippen LogP contribution in [-0.2, 0) is 13.0 Å². The van der Waals surface area contributed by atoms with Crippen LogP contribution in [0.25, 0.3) is 0 Å². The molecule has 1 aromatic carbocycles. The van der Waals surface area contributed by atoms with E-state index in [2.05, 4.69) is 69.2 Å². The van der Waals surface area contributed by atoms with Crippen molar-refractivity contribution in [3.63, 3.8) is 0 Å². The van der Waals surface area contributed by atoms with Gasteiger partial charge in [0.15, 0.2) is 0 Å². The van der Waals surface area contributed by atoms with Crippen molar-refractivity contribution >= 4 is 0 Å². The first-order valence-electron chi connectivity index (χ1n) is 8.51. The summed E-state index contributed by atoms with van der Waals surface area (Å²) in [5, 5.41) is 3.50. The van der Waals surface area contributed by atoms with E-state index in [-0.39, 0.29) is 0 Å². The fourth-order valence-electron chi connectivity index (χ4n) is 2.52. The van der Waals surface area contributed by atoms with E-state index in [1.54, 1.807) is 0 Å². The zero-order chi connectivity index (χ0) is 15.7. The molecule has 120 valence electrons. The Morgan fingerprint density at radius 1 is 1.05 bits per heavy atom. The van der Waals surface area contributed by atoms with Gasteiger partial charge in [0, 0.05) is 12.6 Å². The first-order chi connectivity index (χ1) is 10.0. The van der Waals surface area contributed by atoms with Crippen molar-refractivity contribution in [1.82, 2.24) is 10.2 Å². The van der Waals surface area contributed by atoms with Gasteiger partial charge in [0.2, 0.25) is 0 Å². The zero-order valence-corrected chi connectivity index (χ0v) is 14.7. The molecule has 1 unspecified atom stereocenters. The Balaban J connectivity index is 2.36. The summed E-state index contributed by atoms with van der Waals surface area (Å²) in [4.78, 5) is 2.45. The maximum Gasteiger partial charge on any atom is 0.0233 e. The van der Waals surface area contributed by atoms with Crippen LogP contribution in [0.15, 0.2) is 24.3 Å². The molecule has 0 aliphatic carbocycles. The standard InChI is InChI=1S/C19H34N2/c1-6-7-17(4)21(5)15-19-10-8-18(9-11-19)12-13-20-14-16(2)3/h8-11,16-17,20H,6-7,12-15H2,1-5H3. The zero-order valence-electron chi connectivity index (χ0n) is 14.7. The molecule has 1 N–H and O–H groups in total. The van der Waals surface area contributed by atoms with Crippen molar-refractivity contribution in [1.29, 1.82) is 0 Å². The minimum absolute atomic E-state index is 0.662. The maximum absolute atomic E-state index is 3.50. The predicted octanol–water partition coefficient (Wildman–Crippen LogP) is 4.10. The number of hydrogen-bond donors (Lipinski definition) is 1. The first-order valence-corrected chi connectivity index (χ1v) is 8.51. The van der Waals surface area contributed by atoms with E-state index in [9.17, 15) is 0 Å². The lowest BCUT2D eigenvalue weighted by Gasteiger charge is -2.24. The van der Waals surface area contributed by atoms with Crippen LogP contribution in [0.5, 0.6) is 0 Å². The van der Waals surface area contributed by atoms with Crippen LogP contribution in [0.2, 0.25) is 0 Å². The number of hydrogen-bond acceptors (Lipinski definition) is 2. The molecule has 0 saturated carbocycles. The molecule has 1 rings (SSSR count). The third-order valence-corrected chi connectivity index (χ3v) is 4.06. The number of benzene rings is 1. The van der Waals surface area contributed by atoms with Gasteiger partial charge in [-0.25, -0.2) is 0 Å². The van der Waals surface area contributed by atoms with Crippen LogP contribution in [-0.4, -0.2) is 31.1 Å². The van der Waals surface area contributed by atoms with E-state index >= 15 is 0 Å². The lowest BCUT2D eigenvalue weighted by atomic mass is 10.1. The lowest BCUT2D eigenvalue weighted by molar-refractivity contribution is 0.237. The molecule has 2 heteroatoms. The van der Waals surface area contributed by atoms with E-state index < -0.39 is 0 Å². The third kappa shape index (κ3) is 7.63. The average molecular weight is 290 g/mol. The molecule has 2 nitrogen and oxygen atoms in total. The Kier molecular flexibility index (Phi) is 8.63. The van der Waals surface area contributed by atoms with Crippen molar-refractivity contribution < 1.29 is 0 Å². The summed E-state index contributed by atoms with van der Waals surface area (Å²) >= 11 is 0. The van der Waals surface area contributed by atoms with Gasteiger partial charge in [-0.05, 0) is 56.9 Å². The van der Waals surface area contributed by atoms with Crippen LogP contribution in [0.3, 0.4) is 0 Å². The highest BCUT2D eigenvalue weighted by atomic mass is 15.1. The van der Waals surface area contributed by atoms with Gasteiger partial charge in [0.05, 0.1) is 0 Å². The van der Waals surface area contributed by atoms with Gasteiger partial charge in [-0.3, -0.25) is 4.90 Å². The fraction of sp³-hybridized carbons (Fsp3) is 0.684. The van der Waals surface area contributed by atoms with E-state index in [1.165, 1.54) is 24.0 Å². The molecule has 1 atom stereocenters. The molecular weight excluding hydrogens is 256 g/mol. The molecule has 0 aromatic heterocycles. The smallest absolute Gasteiger partial charge is 0.0233 e. The SMILES string of the molecule is CCCC(C)N(C)Cc1ccc(CCNCC(C)C)cc1. The molecule has 21 heavy (non-hydrogen) atoms. The molecule has 0 aliphatic rings. The Morgan fingerprint density at radius 2 is 1.67 bits per heavy atom. The Hall–Kier alpha value is -0.860. The van der Waals surface area contributed by atoms with E-state index in [0.717, 1.165) is 32.0 Å². The summed E-state index contributed by atoms with van der Waals surface area (Å²) in [5.74, 6) is 0.730. The number of nitrogens with one attached hydrogen (secondary N) is 1. The second-order valence-corrected chi connectivity index (χ2v) is 6.72. The van der Waals surface area contributed by atoms with Gasteiger partial charge in [-0.1, -0.05) is 51.5 Å². The summed E-state index contributed by atoms with van der Waals surface area (Å²) in [6.07, 6.45) is 3.65. The molecule has 0 saturated heterocycles. The third-order valence-electron chi connectivity index (χ3n) is 4.06. The van der Waals surface area contributed by atoms with E-state index in [1.807, 2.05) is 0 Å². The first kappa shape index (κ1) is 18.2. The van der Waals surface area contributed by atoms with Gasteiger partial charge in [0.25, 0.3) is 0 Å². The van der Waals surface area contributed by atoms with Crippen molar-refractivity contribution in [2.75, 3.05) is 20.1 Å². The predicted molar refractivity (Wildman–Crippen MR) is 93.7 cm³/mol. The molecule has 1 aromatic rings. The van der Waals surface area contributed by atoms with Gasteiger partial charge in [-0.2, -0.15) is 0 Å². The summed E-state index contributed by atoms with van der Waals surface area (Å²) < 4.78 is 0. The summed E-state index contributed by atoms with van der Waals surface area (Å²) in [7, 11) is 2.23. The number of rotatable bonds is 10. The van der Waals surface area contributed by atoms with Crippen molar-refractivity contribution in [3.05, 3.63) is 35.4 Å². The van der Waals surface area contributed by atoms with Crippen molar-refractivity contribution in [2.24, 2.45) is 5.92 Å². The van der Waals surface area contributed by atoms with E-state index in [0.29, 0.717) is 6.04 Å². The van der Waals surface area contributed by atoms with Gasteiger partial charge < -0.3 is 5.32 Å². The molecule has 0 heterocycles. The van der Waals surface area contributed by atoms with Gasteiger partial charge >= 0.3 is 0 Å². The van der Waals surface area contributed by atoms with Crippen molar-refractivity contribution in [3.8, 4) is 0 Å². The molecule has 0 spiro atoms. The molecule has 0 radical (unpaired) electrons. The minimum Gasteiger partial charge on any atom is -0.316 e. The van der Waals surface area contributed by atoms with Crippen LogP contribution in [0.1, 0.15) is 51.7 Å². The highest BCUT2D eigenvalue weighted by Crippen LogP contribution is 2.11.